The molecule has 0 fully saturated rings. The van der Waals surface area contributed by atoms with Gasteiger partial charge in [-0.25, -0.2) is 0 Å². The van der Waals surface area contributed by atoms with E-state index in [1.54, 1.807) is 97.1 Å². The SMILES string of the molecule is O=P(O)(c1ccccc1)c1ccccc1.O=P(O)(c1ccccc1)c1ccccc1.OCCCO. The van der Waals surface area contributed by atoms with Crippen LogP contribution in [0.25, 0.3) is 0 Å². The molecule has 0 atom stereocenters. The average molecular weight is 512 g/mol. The van der Waals surface area contributed by atoms with Gasteiger partial charge in [-0.1, -0.05) is 72.8 Å². The second kappa shape index (κ2) is 14.6. The molecule has 0 aliphatic heterocycles. The smallest absolute Gasteiger partial charge is 0.258 e. The first-order valence-corrected chi connectivity index (χ1v) is 14.3. The molecule has 4 N–H and O–H groups in total. The maximum Gasteiger partial charge on any atom is 0.258 e. The van der Waals surface area contributed by atoms with Gasteiger partial charge in [0, 0.05) is 34.4 Å². The van der Waals surface area contributed by atoms with Crippen LogP contribution in [0.15, 0.2) is 121 Å². The molecule has 4 aromatic carbocycles. The number of hydrogen-bond acceptors (Lipinski definition) is 4. The minimum Gasteiger partial charge on any atom is -0.396 e. The summed E-state index contributed by atoms with van der Waals surface area (Å²) < 4.78 is 24.3. The van der Waals surface area contributed by atoms with Crippen molar-refractivity contribution in [2.75, 3.05) is 13.2 Å². The Morgan fingerprint density at radius 3 is 0.771 bits per heavy atom. The molecule has 0 spiro atoms. The summed E-state index contributed by atoms with van der Waals surface area (Å²) in [5.74, 6) is 0. The Balaban J connectivity index is 0.000000208. The molecular formula is C27H30O6P2. The lowest BCUT2D eigenvalue weighted by Crippen LogP contribution is -2.14. The molecule has 4 aromatic rings. The Morgan fingerprint density at radius 2 is 0.629 bits per heavy atom. The van der Waals surface area contributed by atoms with Crippen molar-refractivity contribution in [2.45, 2.75) is 6.42 Å². The van der Waals surface area contributed by atoms with Crippen LogP contribution in [0.4, 0.5) is 0 Å². The van der Waals surface area contributed by atoms with Crippen LogP contribution in [0.5, 0.6) is 0 Å². The molecule has 35 heavy (non-hydrogen) atoms. The van der Waals surface area contributed by atoms with Gasteiger partial charge in [-0.2, -0.15) is 0 Å². The highest BCUT2D eigenvalue weighted by molar-refractivity contribution is 7.73. The standard InChI is InChI=1S/2C12H11O2P.C3H8O2/c2*13-15(14,11-7-3-1-4-8-11)12-9-5-2-6-10-12;4-2-1-3-5/h2*1-10H,(H,13,14);4-5H,1-3H2. The summed E-state index contributed by atoms with van der Waals surface area (Å²) in [6.07, 6.45) is 0.500. The molecule has 0 saturated carbocycles. The number of aliphatic hydroxyl groups excluding tert-OH is 2. The van der Waals surface area contributed by atoms with E-state index in [0.717, 1.165) is 0 Å². The van der Waals surface area contributed by atoms with Crippen molar-refractivity contribution in [1.82, 2.24) is 0 Å². The van der Waals surface area contributed by atoms with Crippen LogP contribution in [0, 0.1) is 0 Å². The zero-order valence-corrected chi connectivity index (χ0v) is 21.0. The average Bonchev–Trinajstić information content (AvgIpc) is 2.92. The van der Waals surface area contributed by atoms with Crippen molar-refractivity contribution >= 4 is 36.0 Å². The van der Waals surface area contributed by atoms with Gasteiger partial charge in [-0.3, -0.25) is 9.13 Å². The van der Waals surface area contributed by atoms with Crippen molar-refractivity contribution in [1.29, 1.82) is 0 Å². The zero-order valence-electron chi connectivity index (χ0n) is 19.2. The minimum atomic E-state index is -3.40. The summed E-state index contributed by atoms with van der Waals surface area (Å²) in [5, 5.41) is 17.7. The third kappa shape index (κ3) is 8.72. The molecule has 4 rings (SSSR count). The summed E-state index contributed by atoms with van der Waals surface area (Å²) in [5.41, 5.74) is 0. The molecule has 0 aliphatic carbocycles. The van der Waals surface area contributed by atoms with Crippen LogP contribution in [0.1, 0.15) is 6.42 Å². The van der Waals surface area contributed by atoms with E-state index in [1.807, 2.05) is 24.3 Å². The van der Waals surface area contributed by atoms with Gasteiger partial charge in [0.05, 0.1) is 0 Å². The van der Waals surface area contributed by atoms with E-state index < -0.39 is 14.7 Å². The molecule has 0 bridgehead atoms. The minimum absolute atomic E-state index is 0.0938. The highest BCUT2D eigenvalue weighted by Crippen LogP contribution is 2.38. The fraction of sp³-hybridized carbons (Fsp3) is 0.111. The van der Waals surface area contributed by atoms with E-state index >= 15 is 0 Å². The molecular weight excluding hydrogens is 482 g/mol. The lowest BCUT2D eigenvalue weighted by atomic mass is 10.4. The lowest BCUT2D eigenvalue weighted by Gasteiger charge is -2.11. The van der Waals surface area contributed by atoms with Gasteiger partial charge in [0.25, 0.3) is 14.7 Å². The number of hydrogen-bond donors (Lipinski definition) is 4. The van der Waals surface area contributed by atoms with E-state index in [2.05, 4.69) is 0 Å². The highest BCUT2D eigenvalue weighted by atomic mass is 31.2. The van der Waals surface area contributed by atoms with E-state index in [4.69, 9.17) is 10.2 Å². The van der Waals surface area contributed by atoms with Crippen LogP contribution < -0.4 is 21.2 Å². The Kier molecular flexibility index (Phi) is 11.8. The van der Waals surface area contributed by atoms with Crippen molar-refractivity contribution < 1.29 is 29.1 Å². The third-order valence-corrected chi connectivity index (χ3v) is 8.73. The zero-order chi connectivity index (χ0) is 25.6. The van der Waals surface area contributed by atoms with Crippen molar-refractivity contribution in [3.8, 4) is 0 Å². The fourth-order valence-corrected chi connectivity index (χ4v) is 5.79. The normalized spacial score (nSPS) is 10.9. The van der Waals surface area contributed by atoms with Crippen LogP contribution in [-0.2, 0) is 9.13 Å². The van der Waals surface area contributed by atoms with Gasteiger partial charge in [-0.05, 0) is 55.0 Å². The van der Waals surface area contributed by atoms with Gasteiger partial charge < -0.3 is 20.0 Å². The van der Waals surface area contributed by atoms with E-state index in [0.29, 0.717) is 27.6 Å². The van der Waals surface area contributed by atoms with Crippen molar-refractivity contribution in [2.24, 2.45) is 0 Å². The van der Waals surface area contributed by atoms with E-state index in [-0.39, 0.29) is 13.2 Å². The van der Waals surface area contributed by atoms with Gasteiger partial charge in [-0.15, -0.1) is 0 Å². The summed E-state index contributed by atoms with van der Waals surface area (Å²) >= 11 is 0. The molecule has 0 unspecified atom stereocenters. The monoisotopic (exact) mass is 512 g/mol. The second-order valence-electron chi connectivity index (χ2n) is 7.30. The number of rotatable bonds is 6. The Morgan fingerprint density at radius 1 is 0.429 bits per heavy atom. The van der Waals surface area contributed by atoms with Gasteiger partial charge in [0.1, 0.15) is 0 Å². The first-order chi connectivity index (χ1) is 16.8. The predicted octanol–water partition coefficient (Wildman–Crippen LogP) is 3.18. The highest BCUT2D eigenvalue weighted by Gasteiger charge is 2.23. The predicted molar refractivity (Wildman–Crippen MR) is 143 cm³/mol. The first kappa shape index (κ1) is 28.4. The third-order valence-electron chi connectivity index (χ3n) is 4.74. The molecule has 0 aromatic heterocycles. The molecule has 8 heteroatoms. The Bertz CT molecular complexity index is 1020. The maximum atomic E-state index is 12.2. The molecule has 184 valence electrons. The molecule has 0 saturated heterocycles. The summed E-state index contributed by atoms with van der Waals surface area (Å²) in [7, 11) is -6.79. The van der Waals surface area contributed by atoms with Crippen LogP contribution in [0.2, 0.25) is 0 Å². The quantitative estimate of drug-likeness (QED) is 0.295. The fourth-order valence-electron chi connectivity index (χ4n) is 2.89. The summed E-state index contributed by atoms with van der Waals surface area (Å²) in [6.45, 7) is 0.188. The lowest BCUT2D eigenvalue weighted by molar-refractivity contribution is 0.221. The topological polar surface area (TPSA) is 115 Å². The van der Waals surface area contributed by atoms with Gasteiger partial charge in [0.15, 0.2) is 0 Å². The van der Waals surface area contributed by atoms with Crippen molar-refractivity contribution in [3.63, 3.8) is 0 Å². The van der Waals surface area contributed by atoms with E-state index in [9.17, 15) is 18.9 Å². The Hall–Kier alpha value is -2.82. The Labute approximate surface area is 206 Å². The molecule has 0 amide bonds. The molecule has 0 heterocycles. The number of aliphatic hydroxyl groups is 2. The maximum absolute atomic E-state index is 12.2. The van der Waals surface area contributed by atoms with Crippen LogP contribution in [-0.4, -0.2) is 33.2 Å². The van der Waals surface area contributed by atoms with Gasteiger partial charge >= 0.3 is 0 Å². The van der Waals surface area contributed by atoms with Crippen LogP contribution >= 0.6 is 14.7 Å². The summed E-state index contributed by atoms with van der Waals surface area (Å²) in [6, 6.07) is 34.8. The van der Waals surface area contributed by atoms with Crippen molar-refractivity contribution in [3.05, 3.63) is 121 Å². The van der Waals surface area contributed by atoms with Crippen LogP contribution in [0.3, 0.4) is 0 Å². The van der Waals surface area contributed by atoms with Gasteiger partial charge in [0.2, 0.25) is 0 Å². The summed E-state index contributed by atoms with van der Waals surface area (Å²) in [4.78, 5) is 20.0. The second-order valence-corrected chi connectivity index (χ2v) is 11.7. The largest absolute Gasteiger partial charge is 0.396 e. The van der Waals surface area contributed by atoms with E-state index in [1.165, 1.54) is 0 Å². The molecule has 0 aliphatic rings. The molecule has 0 radical (unpaired) electrons. The first-order valence-electron chi connectivity index (χ1n) is 10.9. The number of benzene rings is 4. The molecule has 6 nitrogen and oxygen atoms in total.